The van der Waals surface area contributed by atoms with E-state index >= 15 is 0 Å². The Kier molecular flexibility index (Phi) is 4.69. The largest absolute Gasteiger partial charge is 0.331 e. The molecule has 1 heterocycles. The van der Waals surface area contributed by atoms with Crippen LogP contribution in [0.3, 0.4) is 0 Å². The van der Waals surface area contributed by atoms with Crippen LogP contribution in [0.1, 0.15) is 17.8 Å². The lowest BCUT2D eigenvalue weighted by atomic mass is 10.3. The predicted molar refractivity (Wildman–Crippen MR) is 81.4 cm³/mol. The lowest BCUT2D eigenvalue weighted by Crippen LogP contribution is -2.30. The third-order valence-corrected chi connectivity index (χ3v) is 4.14. The number of amides is 2. The van der Waals surface area contributed by atoms with E-state index in [1.807, 2.05) is 19.1 Å². The highest BCUT2D eigenvalue weighted by atomic mass is 35.5. The van der Waals surface area contributed by atoms with Crippen molar-refractivity contribution in [2.45, 2.75) is 13.0 Å². The van der Waals surface area contributed by atoms with Crippen LogP contribution in [0, 0.1) is 0 Å². The SMILES string of the molecule is C[C@H](NC(=O)Nc1ccc(Cl)cc1)c1ccc(Cl)s1. The second-order valence-electron chi connectivity index (χ2n) is 3.97. The second-order valence-corrected chi connectivity index (χ2v) is 6.15. The molecule has 0 aliphatic carbocycles. The van der Waals surface area contributed by atoms with E-state index in [9.17, 15) is 4.79 Å². The number of halogens is 2. The molecule has 1 atom stereocenters. The summed E-state index contributed by atoms with van der Waals surface area (Å²) in [6.45, 7) is 1.91. The molecule has 0 aliphatic heterocycles. The first-order valence-electron chi connectivity index (χ1n) is 5.63. The fourth-order valence-corrected chi connectivity index (χ4v) is 2.72. The zero-order valence-corrected chi connectivity index (χ0v) is 12.4. The maximum absolute atomic E-state index is 11.8. The molecule has 0 bridgehead atoms. The van der Waals surface area contributed by atoms with Gasteiger partial charge < -0.3 is 10.6 Å². The molecule has 2 amide bonds. The molecule has 19 heavy (non-hydrogen) atoms. The number of carbonyl (C=O) groups excluding carboxylic acids is 1. The standard InChI is InChI=1S/C13H12Cl2N2OS/c1-8(11-6-7-12(15)19-11)16-13(18)17-10-4-2-9(14)3-5-10/h2-8H,1H3,(H2,16,17,18)/t8-/m0/s1. The number of hydrogen-bond acceptors (Lipinski definition) is 2. The topological polar surface area (TPSA) is 41.1 Å². The minimum atomic E-state index is -0.264. The highest BCUT2D eigenvalue weighted by molar-refractivity contribution is 7.16. The summed E-state index contributed by atoms with van der Waals surface area (Å²) < 4.78 is 0.710. The third-order valence-electron chi connectivity index (χ3n) is 2.47. The van der Waals surface area contributed by atoms with Crippen LogP contribution < -0.4 is 10.6 Å². The summed E-state index contributed by atoms with van der Waals surface area (Å²) in [5.41, 5.74) is 0.693. The van der Waals surface area contributed by atoms with Crippen LogP contribution in [-0.4, -0.2) is 6.03 Å². The Morgan fingerprint density at radius 2 is 1.84 bits per heavy atom. The molecule has 3 nitrogen and oxygen atoms in total. The average Bonchev–Trinajstić information content (AvgIpc) is 2.79. The summed E-state index contributed by atoms with van der Waals surface area (Å²) in [7, 11) is 0. The van der Waals surface area contributed by atoms with Gasteiger partial charge in [-0.1, -0.05) is 23.2 Å². The van der Waals surface area contributed by atoms with Gasteiger partial charge in [0.1, 0.15) is 0 Å². The van der Waals surface area contributed by atoms with Gasteiger partial charge in [0.05, 0.1) is 10.4 Å². The molecule has 2 rings (SSSR count). The highest BCUT2D eigenvalue weighted by Crippen LogP contribution is 2.26. The van der Waals surface area contributed by atoms with Crippen molar-refractivity contribution < 1.29 is 4.79 Å². The van der Waals surface area contributed by atoms with Crippen LogP contribution in [0.25, 0.3) is 0 Å². The van der Waals surface area contributed by atoms with E-state index in [4.69, 9.17) is 23.2 Å². The molecule has 0 fully saturated rings. The van der Waals surface area contributed by atoms with Gasteiger partial charge in [-0.3, -0.25) is 0 Å². The van der Waals surface area contributed by atoms with Crippen molar-refractivity contribution in [3.8, 4) is 0 Å². The normalized spacial score (nSPS) is 11.9. The molecule has 1 aromatic heterocycles. The minimum Gasteiger partial charge on any atom is -0.331 e. The Balaban J connectivity index is 1.92. The fraction of sp³-hybridized carbons (Fsp3) is 0.154. The van der Waals surface area contributed by atoms with Crippen LogP contribution in [0.4, 0.5) is 10.5 Å². The predicted octanol–water partition coefficient (Wildman–Crippen LogP) is 4.94. The first-order valence-corrected chi connectivity index (χ1v) is 7.20. The summed E-state index contributed by atoms with van der Waals surface area (Å²) in [5, 5.41) is 6.21. The minimum absolute atomic E-state index is 0.0928. The monoisotopic (exact) mass is 314 g/mol. The molecule has 0 unspecified atom stereocenters. The van der Waals surface area contributed by atoms with Crippen molar-refractivity contribution in [3.05, 3.63) is 50.6 Å². The Hall–Kier alpha value is -1.23. The first-order chi connectivity index (χ1) is 9.04. The van der Waals surface area contributed by atoms with Crippen molar-refractivity contribution in [2.75, 3.05) is 5.32 Å². The maximum Gasteiger partial charge on any atom is 0.319 e. The van der Waals surface area contributed by atoms with Gasteiger partial charge in [-0.2, -0.15) is 0 Å². The van der Waals surface area contributed by atoms with Crippen LogP contribution in [0.2, 0.25) is 9.36 Å². The van der Waals surface area contributed by atoms with E-state index in [1.165, 1.54) is 11.3 Å². The summed E-state index contributed by atoms with van der Waals surface area (Å²) >= 11 is 13.1. The summed E-state index contributed by atoms with van der Waals surface area (Å²) in [5.74, 6) is 0. The number of anilines is 1. The molecule has 2 N–H and O–H groups in total. The molecule has 0 saturated heterocycles. The summed E-state index contributed by atoms with van der Waals surface area (Å²) in [6.07, 6.45) is 0. The number of nitrogens with one attached hydrogen (secondary N) is 2. The molecule has 0 spiro atoms. The van der Waals surface area contributed by atoms with Gasteiger partial charge in [-0.15, -0.1) is 11.3 Å². The van der Waals surface area contributed by atoms with Gasteiger partial charge in [-0.25, -0.2) is 4.79 Å². The van der Waals surface area contributed by atoms with E-state index in [0.717, 1.165) is 4.88 Å². The first kappa shape index (κ1) is 14.2. The molecule has 100 valence electrons. The van der Waals surface area contributed by atoms with Crippen molar-refractivity contribution in [1.82, 2.24) is 5.32 Å². The van der Waals surface area contributed by atoms with Crippen molar-refractivity contribution in [1.29, 1.82) is 0 Å². The number of thiophene rings is 1. The lowest BCUT2D eigenvalue weighted by Gasteiger charge is -2.13. The van der Waals surface area contributed by atoms with E-state index in [2.05, 4.69) is 10.6 Å². The summed E-state index contributed by atoms with van der Waals surface area (Å²) in [4.78, 5) is 12.8. The molecular formula is C13H12Cl2N2OS. The van der Waals surface area contributed by atoms with Gasteiger partial charge in [0.25, 0.3) is 0 Å². The van der Waals surface area contributed by atoms with E-state index in [0.29, 0.717) is 15.0 Å². The number of urea groups is 1. The molecule has 1 aromatic carbocycles. The molecule has 0 aliphatic rings. The van der Waals surface area contributed by atoms with Crippen LogP contribution in [0.5, 0.6) is 0 Å². The quantitative estimate of drug-likeness (QED) is 0.828. The van der Waals surface area contributed by atoms with Gasteiger partial charge in [-0.05, 0) is 43.3 Å². The van der Waals surface area contributed by atoms with Gasteiger partial charge in [0.15, 0.2) is 0 Å². The zero-order chi connectivity index (χ0) is 13.8. The van der Waals surface area contributed by atoms with Crippen LogP contribution in [0.15, 0.2) is 36.4 Å². The van der Waals surface area contributed by atoms with Crippen molar-refractivity contribution >= 4 is 46.3 Å². The number of rotatable bonds is 3. The van der Waals surface area contributed by atoms with E-state index in [1.54, 1.807) is 24.3 Å². The smallest absolute Gasteiger partial charge is 0.319 e. The number of hydrogen-bond donors (Lipinski definition) is 2. The maximum atomic E-state index is 11.8. The Morgan fingerprint density at radius 1 is 1.16 bits per heavy atom. The van der Waals surface area contributed by atoms with Crippen molar-refractivity contribution in [3.63, 3.8) is 0 Å². The van der Waals surface area contributed by atoms with Gasteiger partial charge in [0.2, 0.25) is 0 Å². The van der Waals surface area contributed by atoms with Gasteiger partial charge in [0, 0.05) is 15.6 Å². The van der Waals surface area contributed by atoms with E-state index in [-0.39, 0.29) is 12.1 Å². The molecule has 2 aromatic rings. The van der Waals surface area contributed by atoms with E-state index < -0.39 is 0 Å². The van der Waals surface area contributed by atoms with Gasteiger partial charge >= 0.3 is 6.03 Å². The zero-order valence-electron chi connectivity index (χ0n) is 10.1. The molecule has 6 heteroatoms. The Bertz CT molecular complexity index is 568. The molecule has 0 saturated carbocycles. The number of carbonyl (C=O) groups is 1. The lowest BCUT2D eigenvalue weighted by molar-refractivity contribution is 0.249. The Morgan fingerprint density at radius 3 is 2.42 bits per heavy atom. The average molecular weight is 315 g/mol. The molecular weight excluding hydrogens is 303 g/mol. The molecule has 0 radical (unpaired) electrons. The highest BCUT2D eigenvalue weighted by Gasteiger charge is 2.11. The second kappa shape index (κ2) is 6.28. The fourth-order valence-electron chi connectivity index (χ4n) is 1.53. The van der Waals surface area contributed by atoms with Crippen molar-refractivity contribution in [2.24, 2.45) is 0 Å². The number of benzene rings is 1. The summed E-state index contributed by atoms with van der Waals surface area (Å²) in [6, 6.07) is 10.3. The Labute approximate surface area is 125 Å². The third kappa shape index (κ3) is 4.13. The van der Waals surface area contributed by atoms with Crippen LogP contribution in [-0.2, 0) is 0 Å². The van der Waals surface area contributed by atoms with Crippen LogP contribution >= 0.6 is 34.5 Å².